The van der Waals surface area contributed by atoms with Crippen molar-refractivity contribution in [1.29, 1.82) is 0 Å². The van der Waals surface area contributed by atoms with E-state index >= 15 is 0 Å². The number of hydrogen-bond donors (Lipinski definition) is 0. The lowest BCUT2D eigenvalue weighted by molar-refractivity contribution is 0.628. The molecule has 1 heteroatoms. The van der Waals surface area contributed by atoms with Crippen LogP contribution in [0.4, 0.5) is 4.39 Å². The van der Waals surface area contributed by atoms with Crippen LogP contribution < -0.4 is 0 Å². The minimum atomic E-state index is -0.194. The highest BCUT2D eigenvalue weighted by atomic mass is 19.1. The summed E-state index contributed by atoms with van der Waals surface area (Å²) in [6, 6.07) is 14.7. The molecule has 0 saturated carbocycles. The summed E-state index contributed by atoms with van der Waals surface area (Å²) in [7, 11) is 0. The fourth-order valence-corrected chi connectivity index (χ4v) is 1.39. The van der Waals surface area contributed by atoms with Crippen molar-refractivity contribution in [3.8, 4) is 11.1 Å². The molecule has 0 aliphatic rings. The fourth-order valence-electron chi connectivity index (χ4n) is 1.39. The van der Waals surface area contributed by atoms with Gasteiger partial charge in [0.1, 0.15) is 5.82 Å². The molecule has 0 atom stereocenters. The average Bonchev–Trinajstić information content (AvgIpc) is 2.21. The maximum Gasteiger partial charge on any atom is 0.123 e. The minimum Gasteiger partial charge on any atom is -0.207 e. The molecule has 2 rings (SSSR count). The number of rotatable bonds is 1. The average molecular weight is 202 g/mol. The van der Waals surface area contributed by atoms with E-state index in [2.05, 4.69) is 19.1 Å². The van der Waals surface area contributed by atoms with E-state index in [1.165, 1.54) is 17.7 Å². The van der Waals surface area contributed by atoms with Crippen LogP contribution in [-0.4, -0.2) is 0 Å². The minimum absolute atomic E-state index is 0. The Labute approximate surface area is 90.4 Å². The van der Waals surface area contributed by atoms with Crippen molar-refractivity contribution in [1.82, 2.24) is 0 Å². The Morgan fingerprint density at radius 3 is 1.60 bits per heavy atom. The number of hydrogen-bond acceptors (Lipinski definition) is 0. The molecule has 0 nitrogen and oxygen atoms in total. The van der Waals surface area contributed by atoms with E-state index in [9.17, 15) is 4.39 Å². The standard InChI is InChI=1S/C13H11F.CH4/c1-10-2-4-11(5-3-10)12-6-8-13(14)9-7-12;/h2-9H,1H3;1H4. The summed E-state index contributed by atoms with van der Waals surface area (Å²) < 4.78 is 12.7. The molecule has 0 saturated heterocycles. The van der Waals surface area contributed by atoms with Crippen LogP contribution in [0.1, 0.15) is 13.0 Å². The van der Waals surface area contributed by atoms with Crippen molar-refractivity contribution in [2.24, 2.45) is 0 Å². The summed E-state index contributed by atoms with van der Waals surface area (Å²) in [5.74, 6) is -0.194. The van der Waals surface area contributed by atoms with Gasteiger partial charge in [0.2, 0.25) is 0 Å². The molecule has 0 heterocycles. The fraction of sp³-hybridized carbons (Fsp3) is 0.143. The highest BCUT2D eigenvalue weighted by molar-refractivity contribution is 5.63. The normalized spacial score (nSPS) is 9.47. The molecule has 0 aliphatic carbocycles. The molecule has 2 aromatic rings. The second-order valence-electron chi connectivity index (χ2n) is 3.37. The Morgan fingerprint density at radius 1 is 0.733 bits per heavy atom. The third-order valence-electron chi connectivity index (χ3n) is 2.23. The van der Waals surface area contributed by atoms with Gasteiger partial charge in [0.15, 0.2) is 0 Å². The Morgan fingerprint density at radius 2 is 1.13 bits per heavy atom. The van der Waals surface area contributed by atoms with Crippen LogP contribution in [0.3, 0.4) is 0 Å². The Balaban J connectivity index is 0.00000112. The van der Waals surface area contributed by atoms with Crippen molar-refractivity contribution in [2.45, 2.75) is 14.4 Å². The summed E-state index contributed by atoms with van der Waals surface area (Å²) >= 11 is 0. The molecule has 0 radical (unpaired) electrons. The predicted molar refractivity (Wildman–Crippen MR) is 63.3 cm³/mol. The lowest BCUT2D eigenvalue weighted by Gasteiger charge is -2.01. The summed E-state index contributed by atoms with van der Waals surface area (Å²) in [4.78, 5) is 0. The molecule has 0 fully saturated rings. The van der Waals surface area contributed by atoms with Gasteiger partial charge in [-0.3, -0.25) is 0 Å². The quantitative estimate of drug-likeness (QED) is 0.641. The second-order valence-corrected chi connectivity index (χ2v) is 3.37. The Bertz CT molecular complexity index is 369. The Hall–Kier alpha value is -1.63. The first-order valence-corrected chi connectivity index (χ1v) is 4.58. The monoisotopic (exact) mass is 202 g/mol. The van der Waals surface area contributed by atoms with Crippen molar-refractivity contribution >= 4 is 0 Å². The molecular formula is C14H15F. The second kappa shape index (κ2) is 4.74. The van der Waals surface area contributed by atoms with E-state index in [1.807, 2.05) is 12.1 Å². The van der Waals surface area contributed by atoms with Crippen molar-refractivity contribution in [3.63, 3.8) is 0 Å². The Kier molecular flexibility index (Phi) is 3.62. The molecule has 2 aromatic carbocycles. The van der Waals surface area contributed by atoms with Crippen LogP contribution in [0.5, 0.6) is 0 Å². The highest BCUT2D eigenvalue weighted by Crippen LogP contribution is 2.19. The lowest BCUT2D eigenvalue weighted by atomic mass is 10.0. The number of benzene rings is 2. The van der Waals surface area contributed by atoms with Gasteiger partial charge in [-0.2, -0.15) is 0 Å². The van der Waals surface area contributed by atoms with Gasteiger partial charge in [0.05, 0.1) is 0 Å². The molecular weight excluding hydrogens is 187 g/mol. The van der Waals surface area contributed by atoms with Crippen molar-refractivity contribution in [2.75, 3.05) is 0 Å². The lowest BCUT2D eigenvalue weighted by Crippen LogP contribution is -1.79. The van der Waals surface area contributed by atoms with Gasteiger partial charge in [0.25, 0.3) is 0 Å². The molecule has 0 aliphatic heterocycles. The molecule has 0 bridgehead atoms. The molecule has 0 amide bonds. The maximum atomic E-state index is 12.7. The molecule has 0 spiro atoms. The number of aryl methyl sites for hydroxylation is 1. The largest absolute Gasteiger partial charge is 0.207 e. The zero-order valence-electron chi connectivity index (χ0n) is 8.00. The van der Waals surface area contributed by atoms with Crippen LogP contribution in [0.25, 0.3) is 11.1 Å². The first-order chi connectivity index (χ1) is 6.75. The van der Waals surface area contributed by atoms with E-state index in [4.69, 9.17) is 0 Å². The van der Waals surface area contributed by atoms with Gasteiger partial charge in [-0.1, -0.05) is 49.4 Å². The summed E-state index contributed by atoms with van der Waals surface area (Å²) in [5, 5.41) is 0. The molecule has 0 unspecified atom stereocenters. The van der Waals surface area contributed by atoms with Crippen LogP contribution >= 0.6 is 0 Å². The highest BCUT2D eigenvalue weighted by Gasteiger charge is 1.96. The zero-order valence-corrected chi connectivity index (χ0v) is 8.00. The topological polar surface area (TPSA) is 0 Å². The number of halogens is 1. The maximum absolute atomic E-state index is 12.7. The predicted octanol–water partition coefficient (Wildman–Crippen LogP) is 4.44. The van der Waals surface area contributed by atoms with Gasteiger partial charge in [-0.25, -0.2) is 4.39 Å². The van der Waals surface area contributed by atoms with E-state index in [-0.39, 0.29) is 13.2 Å². The third-order valence-corrected chi connectivity index (χ3v) is 2.23. The smallest absolute Gasteiger partial charge is 0.123 e. The zero-order chi connectivity index (χ0) is 9.97. The van der Waals surface area contributed by atoms with Gasteiger partial charge >= 0.3 is 0 Å². The third kappa shape index (κ3) is 2.66. The van der Waals surface area contributed by atoms with Gasteiger partial charge in [0, 0.05) is 0 Å². The summed E-state index contributed by atoms with van der Waals surface area (Å²) in [6.07, 6.45) is 0. The molecule has 15 heavy (non-hydrogen) atoms. The van der Waals surface area contributed by atoms with Crippen LogP contribution in [0, 0.1) is 12.7 Å². The van der Waals surface area contributed by atoms with Gasteiger partial charge in [-0.05, 0) is 30.2 Å². The van der Waals surface area contributed by atoms with E-state index in [0.717, 1.165) is 11.1 Å². The SMILES string of the molecule is C.Cc1ccc(-c2ccc(F)cc2)cc1. The van der Waals surface area contributed by atoms with Crippen LogP contribution in [0.2, 0.25) is 0 Å². The first kappa shape index (κ1) is 11.4. The molecule has 0 N–H and O–H groups in total. The molecule has 78 valence electrons. The summed E-state index contributed by atoms with van der Waals surface area (Å²) in [6.45, 7) is 2.05. The van der Waals surface area contributed by atoms with E-state index < -0.39 is 0 Å². The van der Waals surface area contributed by atoms with Crippen molar-refractivity contribution in [3.05, 3.63) is 59.9 Å². The van der Waals surface area contributed by atoms with E-state index in [0.29, 0.717) is 0 Å². The van der Waals surface area contributed by atoms with Crippen LogP contribution in [0.15, 0.2) is 48.5 Å². The first-order valence-electron chi connectivity index (χ1n) is 4.58. The van der Waals surface area contributed by atoms with E-state index in [1.54, 1.807) is 12.1 Å². The van der Waals surface area contributed by atoms with Crippen molar-refractivity contribution < 1.29 is 4.39 Å². The van der Waals surface area contributed by atoms with Crippen LogP contribution in [-0.2, 0) is 0 Å². The van der Waals surface area contributed by atoms with Gasteiger partial charge in [-0.15, -0.1) is 0 Å². The summed E-state index contributed by atoms with van der Waals surface area (Å²) in [5.41, 5.74) is 3.40. The van der Waals surface area contributed by atoms with Gasteiger partial charge < -0.3 is 0 Å². The molecule has 0 aromatic heterocycles.